The number of nitrogens with two attached hydrogens (primary N) is 1. The molecule has 1 aromatic rings. The van der Waals surface area contributed by atoms with Gasteiger partial charge in [0.05, 0.1) is 5.56 Å². The average molecular weight is 239 g/mol. The first-order chi connectivity index (χ1) is 7.66. The molecule has 0 saturated carbocycles. The molecule has 2 N–H and O–H groups in total. The van der Waals surface area contributed by atoms with Crippen molar-refractivity contribution < 1.29 is 4.74 Å². The van der Waals surface area contributed by atoms with Gasteiger partial charge in [0, 0.05) is 33.5 Å². The number of rotatable bonds is 6. The first-order valence-electron chi connectivity index (χ1n) is 5.11. The van der Waals surface area contributed by atoms with Gasteiger partial charge >= 0.3 is 0 Å². The first kappa shape index (κ1) is 12.9. The van der Waals surface area contributed by atoms with Crippen molar-refractivity contribution in [2.75, 3.05) is 32.2 Å². The van der Waals surface area contributed by atoms with Crippen molar-refractivity contribution in [1.82, 2.24) is 4.98 Å². The maximum Gasteiger partial charge on any atom is 0.138 e. The van der Waals surface area contributed by atoms with E-state index in [4.69, 9.17) is 22.7 Å². The first-order valence-corrected chi connectivity index (χ1v) is 5.52. The van der Waals surface area contributed by atoms with Crippen LogP contribution in [0.3, 0.4) is 0 Å². The number of pyridine rings is 1. The summed E-state index contributed by atoms with van der Waals surface area (Å²) in [5.74, 6) is 0.825. The Hall–Kier alpha value is -1.20. The molecule has 4 nitrogen and oxygen atoms in total. The van der Waals surface area contributed by atoms with Gasteiger partial charge in [0.2, 0.25) is 0 Å². The summed E-state index contributed by atoms with van der Waals surface area (Å²) in [7, 11) is 3.67. The van der Waals surface area contributed by atoms with Gasteiger partial charge in [-0.15, -0.1) is 0 Å². The summed E-state index contributed by atoms with van der Waals surface area (Å²) in [6.07, 6.45) is 2.68. The van der Waals surface area contributed by atoms with Crippen molar-refractivity contribution in [1.29, 1.82) is 0 Å². The van der Waals surface area contributed by atoms with E-state index in [9.17, 15) is 0 Å². The highest BCUT2D eigenvalue weighted by Crippen LogP contribution is 2.15. The third-order valence-corrected chi connectivity index (χ3v) is 2.48. The van der Waals surface area contributed by atoms with Gasteiger partial charge in [-0.05, 0) is 18.6 Å². The molecule has 1 rings (SSSR count). The number of anilines is 1. The van der Waals surface area contributed by atoms with Crippen LogP contribution in [0.5, 0.6) is 0 Å². The molecule has 0 unspecified atom stereocenters. The molecule has 0 aliphatic rings. The molecule has 0 saturated heterocycles. The smallest absolute Gasteiger partial charge is 0.138 e. The van der Waals surface area contributed by atoms with Crippen LogP contribution in [0.4, 0.5) is 5.82 Å². The molecule has 16 heavy (non-hydrogen) atoms. The second-order valence-corrected chi connectivity index (χ2v) is 3.95. The second-order valence-electron chi connectivity index (χ2n) is 3.51. The zero-order chi connectivity index (χ0) is 12.0. The average Bonchev–Trinajstić information content (AvgIpc) is 2.29. The van der Waals surface area contributed by atoms with Crippen LogP contribution in [-0.2, 0) is 4.74 Å². The molecule has 0 spiro atoms. The van der Waals surface area contributed by atoms with Crippen molar-refractivity contribution in [3.8, 4) is 0 Å². The Morgan fingerprint density at radius 1 is 1.62 bits per heavy atom. The summed E-state index contributed by atoms with van der Waals surface area (Å²) in [4.78, 5) is 6.71. The standard InChI is InChI=1S/C11H17N3OS/c1-14(7-4-8-15-2)11-9(10(12)16)5-3-6-13-11/h3,5-6H,4,7-8H2,1-2H3,(H2,12,16). The van der Waals surface area contributed by atoms with Gasteiger partial charge in [0.15, 0.2) is 0 Å². The predicted octanol–water partition coefficient (Wildman–Crippen LogP) is 1.19. The fraction of sp³-hybridized carbons (Fsp3) is 0.455. The lowest BCUT2D eigenvalue weighted by atomic mass is 10.2. The van der Waals surface area contributed by atoms with Crippen LogP contribution in [-0.4, -0.2) is 37.3 Å². The predicted molar refractivity (Wildman–Crippen MR) is 69.9 cm³/mol. The molecule has 0 radical (unpaired) electrons. The third kappa shape index (κ3) is 3.43. The Morgan fingerprint density at radius 2 is 2.38 bits per heavy atom. The van der Waals surface area contributed by atoms with E-state index in [-0.39, 0.29) is 0 Å². The Labute approximate surface area is 101 Å². The van der Waals surface area contributed by atoms with E-state index in [2.05, 4.69) is 4.98 Å². The Morgan fingerprint density at radius 3 is 3.00 bits per heavy atom. The minimum absolute atomic E-state index is 0.377. The number of hydrogen-bond acceptors (Lipinski definition) is 4. The van der Waals surface area contributed by atoms with Crippen molar-refractivity contribution in [2.45, 2.75) is 6.42 Å². The Kier molecular flexibility index (Phi) is 5.14. The van der Waals surface area contributed by atoms with E-state index < -0.39 is 0 Å². The van der Waals surface area contributed by atoms with Crippen molar-refractivity contribution >= 4 is 23.0 Å². The van der Waals surface area contributed by atoms with E-state index in [1.807, 2.05) is 24.1 Å². The van der Waals surface area contributed by atoms with Gasteiger partial charge in [0.25, 0.3) is 0 Å². The normalized spacial score (nSPS) is 10.1. The quantitative estimate of drug-likeness (QED) is 0.597. The van der Waals surface area contributed by atoms with Crippen LogP contribution in [0.2, 0.25) is 0 Å². The number of nitrogens with zero attached hydrogens (tertiary/aromatic N) is 2. The molecule has 0 aliphatic heterocycles. The zero-order valence-electron chi connectivity index (χ0n) is 9.64. The highest BCUT2D eigenvalue weighted by Gasteiger charge is 2.09. The number of methoxy groups -OCH3 is 1. The van der Waals surface area contributed by atoms with Crippen LogP contribution in [0.25, 0.3) is 0 Å². The van der Waals surface area contributed by atoms with E-state index in [0.717, 1.165) is 31.0 Å². The molecule has 5 heteroatoms. The van der Waals surface area contributed by atoms with E-state index in [1.54, 1.807) is 13.3 Å². The van der Waals surface area contributed by atoms with E-state index in [0.29, 0.717) is 4.99 Å². The fourth-order valence-corrected chi connectivity index (χ4v) is 1.60. The summed E-state index contributed by atoms with van der Waals surface area (Å²) in [5.41, 5.74) is 6.46. The van der Waals surface area contributed by atoms with Gasteiger partial charge < -0.3 is 15.4 Å². The van der Waals surface area contributed by atoms with Crippen LogP contribution in [0.1, 0.15) is 12.0 Å². The lowest BCUT2D eigenvalue weighted by Crippen LogP contribution is -2.24. The van der Waals surface area contributed by atoms with Crippen LogP contribution < -0.4 is 10.6 Å². The zero-order valence-corrected chi connectivity index (χ0v) is 10.5. The molecular formula is C11H17N3OS. The minimum Gasteiger partial charge on any atom is -0.389 e. The summed E-state index contributed by atoms with van der Waals surface area (Å²) in [6, 6.07) is 3.72. The van der Waals surface area contributed by atoms with Gasteiger partial charge in [-0.1, -0.05) is 12.2 Å². The van der Waals surface area contributed by atoms with E-state index in [1.165, 1.54) is 0 Å². The topological polar surface area (TPSA) is 51.4 Å². The second kappa shape index (κ2) is 6.40. The lowest BCUT2D eigenvalue weighted by molar-refractivity contribution is 0.196. The number of aromatic nitrogens is 1. The number of ether oxygens (including phenoxy) is 1. The van der Waals surface area contributed by atoms with Crippen molar-refractivity contribution in [3.63, 3.8) is 0 Å². The molecular weight excluding hydrogens is 222 g/mol. The van der Waals surface area contributed by atoms with Gasteiger partial charge in [-0.25, -0.2) is 4.98 Å². The molecule has 0 aliphatic carbocycles. The highest BCUT2D eigenvalue weighted by molar-refractivity contribution is 7.80. The summed E-state index contributed by atoms with van der Waals surface area (Å²) in [5, 5.41) is 0. The van der Waals surface area contributed by atoms with E-state index >= 15 is 0 Å². The molecule has 1 aromatic heterocycles. The monoisotopic (exact) mass is 239 g/mol. The van der Waals surface area contributed by atoms with Crippen molar-refractivity contribution in [2.24, 2.45) is 5.73 Å². The van der Waals surface area contributed by atoms with Gasteiger partial charge in [0.1, 0.15) is 10.8 Å². The number of hydrogen-bond donors (Lipinski definition) is 1. The molecule has 0 atom stereocenters. The van der Waals surface area contributed by atoms with Crippen LogP contribution >= 0.6 is 12.2 Å². The van der Waals surface area contributed by atoms with Crippen LogP contribution in [0.15, 0.2) is 18.3 Å². The van der Waals surface area contributed by atoms with Gasteiger partial charge in [-0.3, -0.25) is 0 Å². The number of thiocarbonyl (C=S) groups is 1. The highest BCUT2D eigenvalue weighted by atomic mass is 32.1. The largest absolute Gasteiger partial charge is 0.389 e. The summed E-state index contributed by atoms with van der Waals surface area (Å²) in [6.45, 7) is 1.60. The van der Waals surface area contributed by atoms with Gasteiger partial charge in [-0.2, -0.15) is 0 Å². The fourth-order valence-electron chi connectivity index (χ4n) is 1.45. The molecule has 1 heterocycles. The summed E-state index contributed by atoms with van der Waals surface area (Å²) >= 11 is 4.99. The third-order valence-electron chi connectivity index (χ3n) is 2.26. The Bertz CT molecular complexity index is 357. The SMILES string of the molecule is COCCCN(C)c1ncccc1C(N)=S. The Balaban J connectivity index is 2.74. The minimum atomic E-state index is 0.377. The lowest BCUT2D eigenvalue weighted by Gasteiger charge is -2.20. The maximum absolute atomic E-state index is 5.65. The molecule has 88 valence electrons. The summed E-state index contributed by atoms with van der Waals surface area (Å²) < 4.78 is 5.01. The molecule has 0 fully saturated rings. The van der Waals surface area contributed by atoms with Crippen molar-refractivity contribution in [3.05, 3.63) is 23.9 Å². The molecule has 0 aromatic carbocycles. The molecule has 0 bridgehead atoms. The van der Waals surface area contributed by atoms with Crippen LogP contribution in [0, 0.1) is 0 Å². The maximum atomic E-state index is 5.65. The molecule has 0 amide bonds.